The summed E-state index contributed by atoms with van der Waals surface area (Å²) >= 11 is 2.01. The average Bonchev–Trinajstić information content (AvgIpc) is 3.46. The number of carbonyl (C=O) groups excluding carboxylic acids is 1. The molecule has 2 aliphatic carbocycles. The maximum absolute atomic E-state index is 12.7. The van der Waals surface area contributed by atoms with Crippen LogP contribution < -0.4 is 5.32 Å². The lowest BCUT2D eigenvalue weighted by atomic mass is 9.76. The second kappa shape index (κ2) is 9.03. The minimum Gasteiger partial charge on any atom is -0.370 e. The number of likely N-dealkylation sites (tertiary alicyclic amines) is 1. The van der Waals surface area contributed by atoms with Crippen LogP contribution in [0.1, 0.15) is 82.9 Å². The number of thiophene rings is 1. The quantitative estimate of drug-likeness (QED) is 0.678. The van der Waals surface area contributed by atoms with Crippen LogP contribution in [0.15, 0.2) is 18.3 Å². The van der Waals surface area contributed by atoms with Gasteiger partial charge in [0, 0.05) is 53.2 Å². The Labute approximate surface area is 207 Å². The monoisotopic (exact) mass is 479 g/mol. The molecule has 2 atom stereocenters. The Morgan fingerprint density at radius 3 is 3.00 bits per heavy atom. The summed E-state index contributed by atoms with van der Waals surface area (Å²) in [7, 11) is 0. The molecule has 2 aromatic rings. The molecule has 0 aromatic carbocycles. The summed E-state index contributed by atoms with van der Waals surface area (Å²) in [6.07, 6.45) is 11.6. The van der Waals surface area contributed by atoms with E-state index < -0.39 is 0 Å². The zero-order chi connectivity index (χ0) is 23.3. The van der Waals surface area contributed by atoms with E-state index in [-0.39, 0.29) is 11.5 Å². The highest BCUT2D eigenvalue weighted by Crippen LogP contribution is 2.46. The van der Waals surface area contributed by atoms with Crippen LogP contribution in [0.3, 0.4) is 0 Å². The summed E-state index contributed by atoms with van der Waals surface area (Å²) in [5.74, 6) is 0.724. The first-order chi connectivity index (χ1) is 16.5. The maximum atomic E-state index is 12.7. The summed E-state index contributed by atoms with van der Waals surface area (Å²) in [4.78, 5) is 23.0. The second-order valence-electron chi connectivity index (χ2n) is 11.0. The average molecular weight is 480 g/mol. The molecule has 182 valence electrons. The number of aryl methyl sites for hydroxylation is 3. The molecule has 2 fully saturated rings. The number of ether oxygens (including phenoxy) is 1. The van der Waals surface area contributed by atoms with Gasteiger partial charge >= 0.3 is 0 Å². The topological polar surface area (TPSA) is 54.5 Å². The molecule has 0 radical (unpaired) electrons. The van der Waals surface area contributed by atoms with Gasteiger partial charge in [-0.1, -0.05) is 6.92 Å². The number of carbonyl (C=O) groups is 1. The third-order valence-electron chi connectivity index (χ3n) is 8.70. The highest BCUT2D eigenvalue weighted by atomic mass is 32.1. The minimum absolute atomic E-state index is 0.0476. The van der Waals surface area contributed by atoms with E-state index in [4.69, 9.17) is 4.74 Å². The fourth-order valence-corrected chi connectivity index (χ4v) is 7.88. The van der Waals surface area contributed by atoms with Gasteiger partial charge in [-0.05, 0) is 87.5 Å². The summed E-state index contributed by atoms with van der Waals surface area (Å²) in [6.45, 7) is 7.75. The molecule has 1 spiro atoms. The molecule has 34 heavy (non-hydrogen) atoms. The van der Waals surface area contributed by atoms with E-state index >= 15 is 0 Å². The van der Waals surface area contributed by atoms with Crippen LogP contribution in [0.4, 0.5) is 0 Å². The van der Waals surface area contributed by atoms with Crippen LogP contribution in [0.5, 0.6) is 0 Å². The molecule has 1 N–H and O–H groups in total. The van der Waals surface area contributed by atoms with Gasteiger partial charge in [0.05, 0.1) is 17.8 Å². The van der Waals surface area contributed by atoms with Crippen LogP contribution in [0.25, 0.3) is 0 Å². The van der Waals surface area contributed by atoms with Crippen LogP contribution in [-0.2, 0) is 36.0 Å². The summed E-state index contributed by atoms with van der Waals surface area (Å²) in [5, 5.41) is 3.25. The van der Waals surface area contributed by atoms with Crippen LogP contribution in [-0.4, -0.2) is 47.6 Å². The molecular weight excluding hydrogens is 442 g/mol. The number of hydrogen-bond donors (Lipinski definition) is 1. The standard InChI is InChI=1S/C28H37N3O2S/c1-3-23-14-24-26(34-23)7-10-33-28(24)8-9-31(18(2)15-28)17-19-11-22(12-19)30-27(32)21-13-20-5-4-6-25(20)29-16-21/h13-14,16,18-19,22H,3-12,15,17H2,1-2H3,(H,30,32)/t18-,19-,22+,28+/m0/s1. The van der Waals surface area contributed by atoms with Gasteiger partial charge in [-0.15, -0.1) is 11.3 Å². The number of hydrogen-bond acceptors (Lipinski definition) is 5. The lowest BCUT2D eigenvalue weighted by Gasteiger charge is -2.49. The molecule has 1 amide bonds. The zero-order valence-corrected chi connectivity index (χ0v) is 21.4. The van der Waals surface area contributed by atoms with Crippen molar-refractivity contribution in [1.82, 2.24) is 15.2 Å². The third-order valence-corrected chi connectivity index (χ3v) is 10.0. The molecule has 0 unspecified atom stereocenters. The molecule has 1 saturated carbocycles. The van der Waals surface area contributed by atoms with Crippen molar-refractivity contribution in [2.75, 3.05) is 19.7 Å². The lowest BCUT2D eigenvalue weighted by Crippen LogP contribution is -2.54. The van der Waals surface area contributed by atoms with Gasteiger partial charge in [-0.2, -0.15) is 0 Å². The van der Waals surface area contributed by atoms with Gasteiger partial charge in [-0.3, -0.25) is 9.78 Å². The molecule has 1 saturated heterocycles. The zero-order valence-electron chi connectivity index (χ0n) is 20.6. The van der Waals surface area contributed by atoms with Crippen molar-refractivity contribution >= 4 is 17.2 Å². The third kappa shape index (κ3) is 4.12. The van der Waals surface area contributed by atoms with Crippen molar-refractivity contribution in [1.29, 1.82) is 0 Å². The predicted octanol–water partition coefficient (Wildman–Crippen LogP) is 4.66. The van der Waals surface area contributed by atoms with Crippen molar-refractivity contribution in [2.24, 2.45) is 5.92 Å². The van der Waals surface area contributed by atoms with Crippen LogP contribution in [0, 0.1) is 5.92 Å². The molecule has 0 bridgehead atoms. The highest BCUT2D eigenvalue weighted by Gasteiger charge is 2.45. The number of aromatic nitrogens is 1. The Bertz CT molecular complexity index is 1080. The SMILES string of the molecule is CCc1cc2c(s1)CCO[C@@]21CCN(C[C@H]2C[C@@H](NC(=O)c3cnc4c(c3)CCC4)C2)[C@@H](C)C1. The van der Waals surface area contributed by atoms with E-state index in [0.29, 0.717) is 18.0 Å². The Kier molecular flexibility index (Phi) is 6.03. The first-order valence-corrected chi connectivity index (χ1v) is 14.1. The number of rotatable bonds is 5. The van der Waals surface area contributed by atoms with Crippen molar-refractivity contribution in [3.05, 3.63) is 50.5 Å². The van der Waals surface area contributed by atoms with E-state index in [1.165, 1.54) is 21.7 Å². The predicted molar refractivity (Wildman–Crippen MR) is 136 cm³/mol. The number of fused-ring (bicyclic) bond motifs is 3. The summed E-state index contributed by atoms with van der Waals surface area (Å²) < 4.78 is 6.51. The van der Waals surface area contributed by atoms with Crippen molar-refractivity contribution < 1.29 is 9.53 Å². The van der Waals surface area contributed by atoms with Crippen molar-refractivity contribution in [3.63, 3.8) is 0 Å². The molecule has 2 aliphatic heterocycles. The smallest absolute Gasteiger partial charge is 0.253 e. The van der Waals surface area contributed by atoms with Gasteiger partial charge in [0.25, 0.3) is 5.91 Å². The molecule has 6 heteroatoms. The first kappa shape index (κ1) is 22.7. The fraction of sp³-hybridized carbons (Fsp3) is 0.643. The summed E-state index contributed by atoms with van der Waals surface area (Å²) in [5.41, 5.74) is 4.61. The van der Waals surface area contributed by atoms with Gasteiger partial charge in [0.2, 0.25) is 0 Å². The number of piperidine rings is 1. The Morgan fingerprint density at radius 2 is 2.18 bits per heavy atom. The molecule has 2 aromatic heterocycles. The molecule has 4 aliphatic rings. The molecular formula is C28H37N3O2S. The van der Waals surface area contributed by atoms with Gasteiger partial charge < -0.3 is 15.0 Å². The van der Waals surface area contributed by atoms with E-state index in [2.05, 4.69) is 41.2 Å². The molecule has 4 heterocycles. The number of amides is 1. The van der Waals surface area contributed by atoms with Crippen LogP contribution >= 0.6 is 11.3 Å². The van der Waals surface area contributed by atoms with Gasteiger partial charge in [0.15, 0.2) is 0 Å². The van der Waals surface area contributed by atoms with E-state index in [9.17, 15) is 4.79 Å². The maximum Gasteiger partial charge on any atom is 0.253 e. The van der Waals surface area contributed by atoms with Crippen molar-refractivity contribution in [3.8, 4) is 0 Å². The number of nitrogens with zero attached hydrogens (tertiary/aromatic N) is 2. The molecule has 6 rings (SSSR count). The minimum atomic E-state index is -0.0621. The first-order valence-electron chi connectivity index (χ1n) is 13.3. The van der Waals surface area contributed by atoms with Crippen molar-refractivity contribution in [2.45, 2.75) is 89.3 Å². The Morgan fingerprint density at radius 1 is 1.29 bits per heavy atom. The lowest BCUT2D eigenvalue weighted by molar-refractivity contribution is -0.114. The Hall–Kier alpha value is -1.76. The van der Waals surface area contributed by atoms with Gasteiger partial charge in [0.1, 0.15) is 0 Å². The number of pyridine rings is 1. The molecule has 5 nitrogen and oxygen atoms in total. The largest absolute Gasteiger partial charge is 0.370 e. The Balaban J connectivity index is 1.01. The normalized spacial score (nSPS) is 30.6. The summed E-state index contributed by atoms with van der Waals surface area (Å²) in [6, 6.07) is 5.33. The number of nitrogens with one attached hydrogen (secondary N) is 1. The van der Waals surface area contributed by atoms with Crippen LogP contribution in [0.2, 0.25) is 0 Å². The van der Waals surface area contributed by atoms with Gasteiger partial charge in [-0.25, -0.2) is 0 Å². The fourth-order valence-electron chi connectivity index (χ4n) is 6.70. The van der Waals surface area contributed by atoms with E-state index in [1.807, 2.05) is 11.3 Å². The van der Waals surface area contributed by atoms with E-state index in [0.717, 1.165) is 83.0 Å². The van der Waals surface area contributed by atoms with E-state index in [1.54, 1.807) is 11.1 Å². The second-order valence-corrected chi connectivity index (χ2v) is 12.2. The highest BCUT2D eigenvalue weighted by molar-refractivity contribution is 7.12.